The van der Waals surface area contributed by atoms with Gasteiger partial charge in [-0.3, -0.25) is 74.0 Å². The number of carbonyl (C=O) groups is 10. The lowest BCUT2D eigenvalue weighted by Gasteiger charge is -2.16. The van der Waals surface area contributed by atoms with E-state index in [1.54, 1.807) is 131 Å². The van der Waals surface area contributed by atoms with Crippen molar-refractivity contribution < 1.29 is 107 Å². The van der Waals surface area contributed by atoms with Crippen LogP contribution in [0.15, 0.2) is 224 Å². The molecule has 0 unspecified atom stereocenters. The Hall–Kier alpha value is -12.7. The van der Waals surface area contributed by atoms with Crippen molar-refractivity contribution in [1.82, 2.24) is 32.7 Å². The molecular formula is C89H91Cl3N8O22. The van der Waals surface area contributed by atoms with Gasteiger partial charge in [0, 0.05) is 23.2 Å². The third-order valence-corrected chi connectivity index (χ3v) is 23.5. The molecule has 0 bridgehead atoms. The number of hydrogen-bond donors (Lipinski definition) is 13. The first kappa shape index (κ1) is 91.7. The van der Waals surface area contributed by atoms with Crippen LogP contribution in [0.25, 0.3) is 0 Å². The van der Waals surface area contributed by atoms with Gasteiger partial charge in [-0.15, -0.1) is 0 Å². The molecule has 0 aliphatic heterocycles. The lowest BCUT2D eigenvalue weighted by atomic mass is 9.92. The zero-order valence-electron chi connectivity index (χ0n) is 66.5. The van der Waals surface area contributed by atoms with E-state index >= 15 is 0 Å². The molecule has 5 fully saturated rings. The van der Waals surface area contributed by atoms with Crippen LogP contribution in [-0.2, 0) is 113 Å². The summed E-state index contributed by atoms with van der Waals surface area (Å²) in [5, 5.41) is 48.2. The highest BCUT2D eigenvalue weighted by Crippen LogP contribution is 2.59. The molecule has 33 heteroatoms. The number of carbonyl (C=O) groups excluding carboxylic acids is 10. The van der Waals surface area contributed by atoms with Gasteiger partial charge in [0.1, 0.15) is 60.6 Å². The van der Waals surface area contributed by atoms with Gasteiger partial charge in [-0.05, 0) is 157 Å². The number of nitrogens with two attached hydrogens (primary N) is 2. The van der Waals surface area contributed by atoms with E-state index in [2.05, 4.69) is 5.32 Å². The second-order valence-electron chi connectivity index (χ2n) is 29.5. The molecule has 5 aliphatic rings. The number of esters is 2. The summed E-state index contributed by atoms with van der Waals surface area (Å²) in [6, 6.07) is 67.8. The van der Waals surface area contributed by atoms with E-state index in [0.717, 1.165) is 33.4 Å². The van der Waals surface area contributed by atoms with Gasteiger partial charge in [-0.2, -0.15) is 0 Å². The number of halogens is 3. The van der Waals surface area contributed by atoms with Crippen LogP contribution in [0.5, 0.6) is 28.7 Å². The molecule has 0 radical (unpaired) electrons. The largest absolute Gasteiger partial charge is 0.497 e. The number of hydroxylamine groups is 5. The van der Waals surface area contributed by atoms with Crippen molar-refractivity contribution in [3.8, 4) is 28.7 Å². The predicted molar refractivity (Wildman–Crippen MR) is 441 cm³/mol. The lowest BCUT2D eigenvalue weighted by Crippen LogP contribution is -2.35. The molecule has 122 heavy (non-hydrogen) atoms. The summed E-state index contributed by atoms with van der Waals surface area (Å²) >= 11 is 18.3. The number of primary amides is 2. The molecule has 14 rings (SSSR count). The average molecular weight is 1730 g/mol. The summed E-state index contributed by atoms with van der Waals surface area (Å²) in [4.78, 5) is 119. The van der Waals surface area contributed by atoms with Gasteiger partial charge in [0.05, 0.1) is 82.6 Å². The molecule has 30 nitrogen and oxygen atoms in total. The minimum atomic E-state index is -1.08. The van der Waals surface area contributed by atoms with E-state index in [0.29, 0.717) is 112 Å². The highest BCUT2D eigenvalue weighted by atomic mass is 35.5. The van der Waals surface area contributed by atoms with Crippen LogP contribution in [0.2, 0.25) is 15.1 Å². The molecule has 0 saturated heterocycles. The molecule has 8 amide bonds. The smallest absolute Gasteiger partial charge is 0.317 e. The Bertz CT molecular complexity index is 5260. The van der Waals surface area contributed by atoms with Crippen LogP contribution in [0.4, 0.5) is 0 Å². The fourth-order valence-corrected chi connectivity index (χ4v) is 15.6. The third kappa shape index (κ3) is 21.2. The summed E-state index contributed by atoms with van der Waals surface area (Å²) in [5.41, 5.74) is 21.3. The number of nitrogens with one attached hydrogen (secondary N) is 6. The average Bonchev–Trinajstić information content (AvgIpc) is 1.57. The van der Waals surface area contributed by atoms with Gasteiger partial charge in [0.2, 0.25) is 47.3 Å². The quantitative estimate of drug-likeness (QED) is 0.0113. The number of benzene rings is 9. The molecule has 10 atom stereocenters. The van der Waals surface area contributed by atoms with E-state index in [1.165, 1.54) is 28.4 Å². The number of hydrogen-bond acceptors (Lipinski definition) is 22. The number of methoxy groups -OCH3 is 3. The minimum Gasteiger partial charge on any atom is -0.497 e. The fourth-order valence-electron chi connectivity index (χ4n) is 15.1. The summed E-state index contributed by atoms with van der Waals surface area (Å²) in [5.74, 6) is -5.23. The molecule has 9 aromatic carbocycles. The van der Waals surface area contributed by atoms with E-state index in [9.17, 15) is 47.9 Å². The third-order valence-electron chi connectivity index (χ3n) is 22.3. The first-order valence-electron chi connectivity index (χ1n) is 38.1. The topological polar surface area (TPSA) is 461 Å². The molecule has 15 N–H and O–H groups in total. The van der Waals surface area contributed by atoms with Gasteiger partial charge >= 0.3 is 11.9 Å². The Morgan fingerprint density at radius 1 is 0.361 bits per heavy atom. The first-order chi connectivity index (χ1) is 58.6. The summed E-state index contributed by atoms with van der Waals surface area (Å²) in [7, 11) is 5.63. The van der Waals surface area contributed by atoms with Gasteiger partial charge in [0.15, 0.2) is 0 Å². The SMILES string of the molecule is CNC(=O)[C@@]1(Cc2ccc(OCc3cccc(Cl)c3Cl)cc2)C[C@@H]1C(=O)NO.COC(=O)[C@@]1(Cc2ccc(OCc3ccccc3Cl)cc2)C[C@@H]1C(=O)NO.COC(=O)[C@]1(c2cccc(OCc3ccccc3)c2)C[C@H]1C(=O)NO.COc1cccc([C@]2(C(N)=O)C[C@@H]2C(=O)NO)c1.NC(=O)[C@]1(c2cccc(OCc3ccccc3)c2)C[C@H]1C(=O)NO. The molecule has 0 spiro atoms. The Morgan fingerprint density at radius 3 is 1.15 bits per heavy atom. The van der Waals surface area contributed by atoms with Crippen molar-refractivity contribution in [2.45, 2.75) is 87.6 Å². The van der Waals surface area contributed by atoms with Crippen molar-refractivity contribution in [3.63, 3.8) is 0 Å². The highest BCUT2D eigenvalue weighted by Gasteiger charge is 2.68. The molecule has 640 valence electrons. The van der Waals surface area contributed by atoms with Crippen LogP contribution in [-0.4, -0.2) is 114 Å². The van der Waals surface area contributed by atoms with Crippen molar-refractivity contribution >= 4 is 94.0 Å². The van der Waals surface area contributed by atoms with Crippen molar-refractivity contribution in [3.05, 3.63) is 290 Å². The zero-order valence-corrected chi connectivity index (χ0v) is 68.8. The Morgan fingerprint density at radius 2 is 0.713 bits per heavy atom. The maximum absolute atomic E-state index is 12.3. The second-order valence-corrected chi connectivity index (χ2v) is 30.7. The van der Waals surface area contributed by atoms with Crippen LogP contribution in [0.3, 0.4) is 0 Å². The van der Waals surface area contributed by atoms with Gasteiger partial charge in [-0.1, -0.05) is 186 Å². The van der Waals surface area contributed by atoms with E-state index in [1.807, 2.05) is 121 Å². The normalized spacial score (nSPS) is 21.6. The molecule has 9 aromatic rings. The van der Waals surface area contributed by atoms with Gasteiger partial charge in [0.25, 0.3) is 0 Å². The molecule has 5 aliphatic carbocycles. The van der Waals surface area contributed by atoms with E-state index in [-0.39, 0.29) is 25.4 Å². The molecule has 0 heterocycles. The summed E-state index contributed by atoms with van der Waals surface area (Å²) < 4.78 is 37.9. The summed E-state index contributed by atoms with van der Waals surface area (Å²) in [6.45, 7) is 1.42. The van der Waals surface area contributed by atoms with Crippen LogP contribution in [0, 0.1) is 40.4 Å². The van der Waals surface area contributed by atoms with Crippen molar-refractivity contribution in [2.75, 3.05) is 28.4 Å². The Labute approximate surface area is 716 Å². The van der Waals surface area contributed by atoms with E-state index in [4.69, 9.17) is 105 Å². The number of rotatable bonds is 30. The Balaban J connectivity index is 0.000000161. The lowest BCUT2D eigenvalue weighted by molar-refractivity contribution is -0.149. The fraction of sp³-hybridized carbons (Fsp3) is 0.281. The first-order valence-corrected chi connectivity index (χ1v) is 39.3. The zero-order chi connectivity index (χ0) is 88.1. The van der Waals surface area contributed by atoms with E-state index < -0.39 is 110 Å². The predicted octanol–water partition coefficient (Wildman–Crippen LogP) is 10.2. The highest BCUT2D eigenvalue weighted by molar-refractivity contribution is 6.42. The second kappa shape index (κ2) is 41.1. The number of amides is 8. The van der Waals surface area contributed by atoms with Crippen molar-refractivity contribution in [1.29, 1.82) is 0 Å². The standard InChI is InChI=1S/C20H20Cl2N2O4.C20H20ClNO5.C19H19NO5.C18H18N2O4.C12H14N2O4/c1-23-19(26)20(10-15(20)18(25)24-27)9-12-5-7-14(8-6-12)28-11-13-3-2-4-16(21)17(13)22;1-26-19(24)20(11-16(20)18(23)22-25)10-13-6-8-15(9-7-13)27-12-14-4-2-3-5-17(14)21;1-24-18(22)19(11-16(19)17(21)20-23)14-8-5-9-15(10-14)25-12-13-6-3-2-4-7-13;19-17(22)18(10-15(18)16(21)20-23)13-7-4-8-14(9-13)24-11-12-5-2-1-3-6-12;1-18-8-4-2-3-7(5-8)12(11(13)16)6-9(12)10(15)14-17/h2-8,15,27H,9-11H2,1H3,(H,23,26)(H,24,25);2-9,16,25H,10-12H2,1H3,(H,22,23);2-10,16,23H,11-12H2,1H3,(H,20,21);1-9,15,23H,10-11H2,(H2,19,22)(H,20,21);2-5,9,17H,6H2,1H3,(H2,13,16)(H,14,15)/t15-,20+;16-,20+;16-,19-;15-,18-;9-,12-/m11001/s1. The molecule has 5 saturated carbocycles. The molecular weight excluding hydrogens is 1640 g/mol. The minimum absolute atomic E-state index is 0.211. The Kier molecular flexibility index (Phi) is 30.9. The maximum Gasteiger partial charge on any atom is 0.317 e. The summed E-state index contributed by atoms with van der Waals surface area (Å²) in [6.07, 6.45) is 2.34. The maximum atomic E-state index is 12.3. The van der Waals surface area contributed by atoms with Crippen LogP contribution in [0.1, 0.15) is 82.2 Å². The van der Waals surface area contributed by atoms with Gasteiger partial charge in [-0.25, -0.2) is 27.4 Å². The van der Waals surface area contributed by atoms with Crippen molar-refractivity contribution in [2.24, 2.45) is 51.9 Å². The molecule has 0 aromatic heterocycles. The van der Waals surface area contributed by atoms with Crippen LogP contribution >= 0.6 is 34.8 Å². The van der Waals surface area contributed by atoms with Crippen LogP contribution < -0.4 is 67.9 Å². The number of ether oxygens (including phenoxy) is 7. The van der Waals surface area contributed by atoms with Gasteiger partial charge < -0.3 is 49.9 Å². The monoisotopic (exact) mass is 1730 g/mol.